The Kier molecular flexibility index (Phi) is 8.14. The number of hydrogen-bond donors (Lipinski definition) is 1. The van der Waals surface area contributed by atoms with Crippen LogP contribution in [0.25, 0.3) is 0 Å². The Balaban J connectivity index is 2.39. The molecule has 1 atom stereocenters. The summed E-state index contributed by atoms with van der Waals surface area (Å²) in [5.74, 6) is 1.17. The minimum Gasteiger partial charge on any atom is -0.385 e. The fourth-order valence-electron chi connectivity index (χ4n) is 1.84. The minimum absolute atomic E-state index is 0.434. The van der Waals surface area contributed by atoms with Gasteiger partial charge in [0.05, 0.1) is 0 Å². The summed E-state index contributed by atoms with van der Waals surface area (Å²) < 4.78 is 5.05. The Bertz CT molecular complexity index is 330. The first-order chi connectivity index (χ1) is 8.77. The fourth-order valence-corrected chi connectivity index (χ4v) is 2.81. The molecule has 0 heterocycles. The van der Waals surface area contributed by atoms with Gasteiger partial charge in [-0.25, -0.2) is 0 Å². The van der Waals surface area contributed by atoms with Crippen molar-refractivity contribution in [2.75, 3.05) is 26.0 Å². The summed E-state index contributed by atoms with van der Waals surface area (Å²) in [4.78, 5) is 1.37. The van der Waals surface area contributed by atoms with Crippen molar-refractivity contribution < 1.29 is 4.74 Å². The third-order valence-corrected chi connectivity index (χ3v) is 3.96. The Morgan fingerprint density at radius 3 is 2.89 bits per heavy atom. The van der Waals surface area contributed by atoms with Crippen LogP contribution in [0.15, 0.2) is 29.2 Å². The van der Waals surface area contributed by atoms with Crippen LogP contribution in [0.4, 0.5) is 0 Å². The molecule has 0 amide bonds. The van der Waals surface area contributed by atoms with Crippen molar-refractivity contribution in [1.29, 1.82) is 0 Å². The van der Waals surface area contributed by atoms with E-state index in [0.717, 1.165) is 19.6 Å². The number of nitrogens with one attached hydrogen (secondary N) is 1. The molecule has 0 bridgehead atoms. The molecule has 1 aromatic rings. The van der Waals surface area contributed by atoms with Crippen molar-refractivity contribution in [3.05, 3.63) is 29.8 Å². The van der Waals surface area contributed by atoms with E-state index < -0.39 is 0 Å². The van der Waals surface area contributed by atoms with Gasteiger partial charge >= 0.3 is 0 Å². The third kappa shape index (κ3) is 5.89. The quantitative estimate of drug-likeness (QED) is 0.542. The summed E-state index contributed by atoms with van der Waals surface area (Å²) in [6.45, 7) is 6.24. The first-order valence-corrected chi connectivity index (χ1v) is 7.71. The van der Waals surface area contributed by atoms with E-state index in [4.69, 9.17) is 4.74 Å². The van der Waals surface area contributed by atoms with Gasteiger partial charge in [0, 0.05) is 24.7 Å². The Morgan fingerprint density at radius 2 is 2.17 bits per heavy atom. The molecule has 18 heavy (non-hydrogen) atoms. The standard InChI is InChI=1S/C15H25NOS/c1-4-16-13(2)14-8-7-9-15(12-14)18-11-6-5-10-17-3/h7-9,12-13,16H,4-6,10-11H2,1-3H3. The Labute approximate surface area is 116 Å². The first-order valence-electron chi connectivity index (χ1n) is 6.73. The predicted octanol–water partition coefficient (Wildman–Crippen LogP) is 3.88. The number of benzene rings is 1. The zero-order valence-electron chi connectivity index (χ0n) is 11.7. The molecule has 0 saturated heterocycles. The molecule has 1 aromatic carbocycles. The van der Waals surface area contributed by atoms with Crippen LogP contribution in [-0.4, -0.2) is 26.0 Å². The summed E-state index contributed by atoms with van der Waals surface area (Å²) in [7, 11) is 1.76. The van der Waals surface area contributed by atoms with Gasteiger partial charge in [-0.1, -0.05) is 19.1 Å². The average Bonchev–Trinajstić information content (AvgIpc) is 2.39. The minimum atomic E-state index is 0.434. The second-order valence-electron chi connectivity index (χ2n) is 4.40. The largest absolute Gasteiger partial charge is 0.385 e. The molecule has 1 unspecified atom stereocenters. The van der Waals surface area contributed by atoms with Crippen molar-refractivity contribution in [3.8, 4) is 0 Å². The molecule has 0 fully saturated rings. The molecule has 0 aromatic heterocycles. The van der Waals surface area contributed by atoms with Crippen LogP contribution in [0.1, 0.15) is 38.3 Å². The monoisotopic (exact) mass is 267 g/mol. The summed E-state index contributed by atoms with van der Waals surface area (Å²) in [5.41, 5.74) is 1.37. The van der Waals surface area contributed by atoms with Crippen molar-refractivity contribution in [2.24, 2.45) is 0 Å². The summed E-state index contributed by atoms with van der Waals surface area (Å²) in [5, 5.41) is 3.45. The zero-order chi connectivity index (χ0) is 13.2. The highest BCUT2D eigenvalue weighted by Crippen LogP contribution is 2.23. The lowest BCUT2D eigenvalue weighted by Gasteiger charge is -2.13. The van der Waals surface area contributed by atoms with Crippen LogP contribution < -0.4 is 5.32 Å². The lowest BCUT2D eigenvalue weighted by molar-refractivity contribution is 0.194. The molecule has 2 nitrogen and oxygen atoms in total. The molecule has 0 aliphatic heterocycles. The molecule has 3 heteroatoms. The van der Waals surface area contributed by atoms with Gasteiger partial charge in [0.2, 0.25) is 0 Å². The van der Waals surface area contributed by atoms with Gasteiger partial charge in [-0.3, -0.25) is 0 Å². The zero-order valence-corrected chi connectivity index (χ0v) is 12.6. The Morgan fingerprint density at radius 1 is 1.33 bits per heavy atom. The second kappa shape index (κ2) is 9.42. The fraction of sp³-hybridized carbons (Fsp3) is 0.600. The van der Waals surface area contributed by atoms with Crippen LogP contribution in [0.2, 0.25) is 0 Å². The van der Waals surface area contributed by atoms with E-state index in [0.29, 0.717) is 6.04 Å². The van der Waals surface area contributed by atoms with Gasteiger partial charge in [-0.15, -0.1) is 11.8 Å². The van der Waals surface area contributed by atoms with Crippen LogP contribution in [-0.2, 0) is 4.74 Å². The van der Waals surface area contributed by atoms with E-state index >= 15 is 0 Å². The van der Waals surface area contributed by atoms with Crippen LogP contribution in [0, 0.1) is 0 Å². The molecule has 102 valence electrons. The van der Waals surface area contributed by atoms with Gasteiger partial charge in [0.1, 0.15) is 0 Å². The lowest BCUT2D eigenvalue weighted by Crippen LogP contribution is -2.17. The molecule has 0 spiro atoms. The normalized spacial score (nSPS) is 12.6. The van der Waals surface area contributed by atoms with Crippen molar-refractivity contribution in [2.45, 2.75) is 37.6 Å². The number of thioether (sulfide) groups is 1. The van der Waals surface area contributed by atoms with Gasteiger partial charge in [0.25, 0.3) is 0 Å². The van der Waals surface area contributed by atoms with Gasteiger partial charge in [-0.05, 0) is 49.8 Å². The maximum absolute atomic E-state index is 5.05. The van der Waals surface area contributed by atoms with Gasteiger partial charge in [0.15, 0.2) is 0 Å². The van der Waals surface area contributed by atoms with E-state index in [1.54, 1.807) is 7.11 Å². The molecule has 0 aliphatic carbocycles. The van der Waals surface area contributed by atoms with E-state index in [1.807, 2.05) is 11.8 Å². The average molecular weight is 267 g/mol. The van der Waals surface area contributed by atoms with Crippen LogP contribution in [0.3, 0.4) is 0 Å². The van der Waals surface area contributed by atoms with E-state index in [-0.39, 0.29) is 0 Å². The molecule has 1 N–H and O–H groups in total. The second-order valence-corrected chi connectivity index (χ2v) is 5.57. The van der Waals surface area contributed by atoms with Crippen molar-refractivity contribution >= 4 is 11.8 Å². The topological polar surface area (TPSA) is 21.3 Å². The number of rotatable bonds is 9. The van der Waals surface area contributed by atoms with Gasteiger partial charge in [-0.2, -0.15) is 0 Å². The molecular weight excluding hydrogens is 242 g/mol. The molecule has 0 radical (unpaired) electrons. The van der Waals surface area contributed by atoms with Crippen molar-refractivity contribution in [3.63, 3.8) is 0 Å². The van der Waals surface area contributed by atoms with Crippen LogP contribution >= 0.6 is 11.8 Å². The summed E-state index contributed by atoms with van der Waals surface area (Å²) in [6.07, 6.45) is 2.36. The molecule has 1 rings (SSSR count). The van der Waals surface area contributed by atoms with Crippen molar-refractivity contribution in [1.82, 2.24) is 5.32 Å². The number of hydrogen-bond acceptors (Lipinski definition) is 3. The molecular formula is C15H25NOS. The van der Waals surface area contributed by atoms with E-state index in [2.05, 4.69) is 43.4 Å². The SMILES string of the molecule is CCNC(C)c1cccc(SCCCCOC)c1. The number of unbranched alkanes of at least 4 members (excludes halogenated alkanes) is 1. The lowest BCUT2D eigenvalue weighted by atomic mass is 10.1. The van der Waals surface area contributed by atoms with Gasteiger partial charge < -0.3 is 10.1 Å². The molecule has 0 aliphatic rings. The molecule has 0 saturated carbocycles. The third-order valence-electron chi connectivity index (χ3n) is 2.88. The summed E-state index contributed by atoms with van der Waals surface area (Å²) >= 11 is 1.94. The number of methoxy groups -OCH3 is 1. The first kappa shape index (κ1) is 15.5. The van der Waals surface area contributed by atoms with E-state index in [1.165, 1.54) is 22.6 Å². The maximum Gasteiger partial charge on any atom is 0.0462 e. The maximum atomic E-state index is 5.05. The van der Waals surface area contributed by atoms with E-state index in [9.17, 15) is 0 Å². The highest BCUT2D eigenvalue weighted by Gasteiger charge is 2.04. The smallest absolute Gasteiger partial charge is 0.0462 e. The highest BCUT2D eigenvalue weighted by molar-refractivity contribution is 7.99. The van der Waals surface area contributed by atoms with Crippen LogP contribution in [0.5, 0.6) is 0 Å². The number of ether oxygens (including phenoxy) is 1. The Hall–Kier alpha value is -0.510. The summed E-state index contributed by atoms with van der Waals surface area (Å²) in [6, 6.07) is 9.28. The highest BCUT2D eigenvalue weighted by atomic mass is 32.2. The predicted molar refractivity (Wildman–Crippen MR) is 80.4 cm³/mol.